The molecule has 12 heavy (non-hydrogen) atoms. The Labute approximate surface area is 70.7 Å². The topological polar surface area (TPSA) is 57.5 Å². The smallest absolute Gasteiger partial charge is 0.156 e. The highest BCUT2D eigenvalue weighted by atomic mass is 16.3. The van der Waals surface area contributed by atoms with Crippen LogP contribution in [-0.2, 0) is 4.79 Å². The van der Waals surface area contributed by atoms with Gasteiger partial charge in [0.25, 0.3) is 0 Å². The van der Waals surface area contributed by atoms with Crippen LogP contribution in [0.5, 0.6) is 0 Å². The number of carbonyl (C=O) groups excluding carboxylic acids is 1. The maximum atomic E-state index is 11.0. The minimum absolute atomic E-state index is 0.0863. The number of ketones is 1. The van der Waals surface area contributed by atoms with Gasteiger partial charge in [-0.15, -0.1) is 0 Å². The molecule has 0 aromatic heterocycles. The summed E-state index contributed by atoms with van der Waals surface area (Å²) in [5.41, 5.74) is 0.749. The van der Waals surface area contributed by atoms with Crippen LogP contribution in [-0.4, -0.2) is 28.2 Å². The zero-order valence-electron chi connectivity index (χ0n) is 6.73. The molecule has 2 aliphatic carbocycles. The summed E-state index contributed by atoms with van der Waals surface area (Å²) < 4.78 is 0. The fourth-order valence-corrected chi connectivity index (χ4v) is 2.07. The molecule has 3 heteroatoms. The Bertz CT molecular complexity index is 244. The lowest BCUT2D eigenvalue weighted by molar-refractivity contribution is -0.114. The van der Waals surface area contributed by atoms with Crippen molar-refractivity contribution < 1.29 is 15.0 Å². The minimum atomic E-state index is -0.796. The molecule has 0 bridgehead atoms. The van der Waals surface area contributed by atoms with E-state index in [-0.39, 0.29) is 11.7 Å². The SMILES string of the molecule is O=C1C=C2[C@H](CC[C@H](O)[C@H]2O)C1. The lowest BCUT2D eigenvalue weighted by Gasteiger charge is -2.29. The lowest BCUT2D eigenvalue weighted by atomic mass is 9.82. The maximum Gasteiger partial charge on any atom is 0.156 e. The molecule has 66 valence electrons. The van der Waals surface area contributed by atoms with Crippen LogP contribution >= 0.6 is 0 Å². The van der Waals surface area contributed by atoms with E-state index in [1.807, 2.05) is 0 Å². The summed E-state index contributed by atoms with van der Waals surface area (Å²) in [5, 5.41) is 18.8. The molecule has 0 spiro atoms. The van der Waals surface area contributed by atoms with E-state index in [1.54, 1.807) is 0 Å². The van der Waals surface area contributed by atoms with Gasteiger partial charge >= 0.3 is 0 Å². The summed E-state index contributed by atoms with van der Waals surface area (Å²) in [6.45, 7) is 0. The van der Waals surface area contributed by atoms with Crippen LogP contribution in [0.15, 0.2) is 11.6 Å². The molecule has 0 unspecified atom stereocenters. The van der Waals surface area contributed by atoms with Crippen molar-refractivity contribution in [2.75, 3.05) is 0 Å². The van der Waals surface area contributed by atoms with Crippen LogP contribution in [0.2, 0.25) is 0 Å². The third kappa shape index (κ3) is 1.09. The molecule has 0 aromatic rings. The number of fused-ring (bicyclic) bond motifs is 1. The number of hydrogen-bond donors (Lipinski definition) is 2. The summed E-state index contributed by atoms with van der Waals surface area (Å²) in [5.74, 6) is 0.291. The van der Waals surface area contributed by atoms with Gasteiger partial charge in [0.05, 0.1) is 6.10 Å². The second-order valence-corrected chi connectivity index (χ2v) is 3.60. The Hall–Kier alpha value is -0.670. The number of allylic oxidation sites excluding steroid dienone is 1. The summed E-state index contributed by atoms with van der Waals surface area (Å²) in [7, 11) is 0. The summed E-state index contributed by atoms with van der Waals surface area (Å²) in [6.07, 6.45) is 2.00. The van der Waals surface area contributed by atoms with Crippen molar-refractivity contribution >= 4 is 5.78 Å². The van der Waals surface area contributed by atoms with Crippen molar-refractivity contribution in [3.63, 3.8) is 0 Å². The van der Waals surface area contributed by atoms with Crippen LogP contribution < -0.4 is 0 Å². The molecule has 3 nitrogen and oxygen atoms in total. The Kier molecular flexibility index (Phi) is 1.77. The third-order valence-corrected chi connectivity index (χ3v) is 2.76. The first-order valence-electron chi connectivity index (χ1n) is 4.29. The molecule has 0 radical (unpaired) electrons. The highest BCUT2D eigenvalue weighted by Gasteiger charge is 2.36. The van der Waals surface area contributed by atoms with Gasteiger partial charge in [-0.1, -0.05) is 0 Å². The Balaban J connectivity index is 2.23. The quantitative estimate of drug-likeness (QED) is 0.536. The summed E-state index contributed by atoms with van der Waals surface area (Å²) in [4.78, 5) is 11.0. The van der Waals surface area contributed by atoms with Crippen LogP contribution in [0.4, 0.5) is 0 Å². The van der Waals surface area contributed by atoms with Crippen LogP contribution in [0.1, 0.15) is 19.3 Å². The van der Waals surface area contributed by atoms with Gasteiger partial charge in [0.1, 0.15) is 6.10 Å². The maximum absolute atomic E-state index is 11.0. The van der Waals surface area contributed by atoms with E-state index >= 15 is 0 Å². The van der Waals surface area contributed by atoms with Crippen molar-refractivity contribution in [1.82, 2.24) is 0 Å². The predicted molar refractivity (Wildman–Crippen MR) is 42.4 cm³/mol. The van der Waals surface area contributed by atoms with E-state index in [0.29, 0.717) is 12.8 Å². The van der Waals surface area contributed by atoms with Gasteiger partial charge in [-0.3, -0.25) is 4.79 Å². The molecule has 0 aliphatic heterocycles. The van der Waals surface area contributed by atoms with Crippen molar-refractivity contribution in [2.24, 2.45) is 5.92 Å². The van der Waals surface area contributed by atoms with Gasteiger partial charge < -0.3 is 10.2 Å². The number of carbonyl (C=O) groups is 1. The standard InChI is InChI=1S/C9H12O3/c10-6-3-5-1-2-8(11)9(12)7(5)4-6/h4-5,8-9,11-12H,1-3H2/t5-,8+,9+/m1/s1. The third-order valence-electron chi connectivity index (χ3n) is 2.76. The molecule has 0 amide bonds. The number of hydrogen-bond acceptors (Lipinski definition) is 3. The van der Waals surface area contributed by atoms with E-state index in [9.17, 15) is 15.0 Å². The van der Waals surface area contributed by atoms with Gasteiger partial charge in [-0.2, -0.15) is 0 Å². The zero-order valence-corrected chi connectivity index (χ0v) is 6.73. The molecule has 0 aromatic carbocycles. The van der Waals surface area contributed by atoms with E-state index < -0.39 is 12.2 Å². The second-order valence-electron chi connectivity index (χ2n) is 3.60. The average molecular weight is 168 g/mol. The van der Waals surface area contributed by atoms with Gasteiger partial charge in [-0.05, 0) is 30.4 Å². The van der Waals surface area contributed by atoms with E-state index in [4.69, 9.17) is 0 Å². The van der Waals surface area contributed by atoms with Crippen LogP contribution in [0, 0.1) is 5.92 Å². The molecule has 1 saturated carbocycles. The first-order valence-corrected chi connectivity index (χ1v) is 4.29. The largest absolute Gasteiger partial charge is 0.390 e. The summed E-state index contributed by atoms with van der Waals surface area (Å²) in [6, 6.07) is 0. The molecule has 3 atom stereocenters. The Morgan fingerprint density at radius 2 is 2.08 bits per heavy atom. The molecule has 1 fully saturated rings. The van der Waals surface area contributed by atoms with E-state index in [0.717, 1.165) is 12.0 Å². The fraction of sp³-hybridized carbons (Fsp3) is 0.667. The van der Waals surface area contributed by atoms with E-state index in [1.165, 1.54) is 6.08 Å². The highest BCUT2D eigenvalue weighted by molar-refractivity contribution is 5.93. The fourth-order valence-electron chi connectivity index (χ4n) is 2.07. The van der Waals surface area contributed by atoms with Crippen LogP contribution in [0.3, 0.4) is 0 Å². The number of aliphatic hydroxyl groups is 2. The predicted octanol–water partition coefficient (Wildman–Crippen LogP) is 0.0174. The molecule has 2 N–H and O–H groups in total. The molecular formula is C9H12O3. The summed E-state index contributed by atoms with van der Waals surface area (Å²) >= 11 is 0. The molecule has 0 saturated heterocycles. The zero-order chi connectivity index (χ0) is 8.72. The molecular weight excluding hydrogens is 156 g/mol. The molecule has 2 rings (SSSR count). The molecule has 0 heterocycles. The monoisotopic (exact) mass is 168 g/mol. The van der Waals surface area contributed by atoms with Gasteiger partial charge in [0, 0.05) is 6.42 Å². The highest BCUT2D eigenvalue weighted by Crippen LogP contribution is 2.36. The van der Waals surface area contributed by atoms with Crippen LogP contribution in [0.25, 0.3) is 0 Å². The Morgan fingerprint density at radius 1 is 1.33 bits per heavy atom. The first kappa shape index (κ1) is 7.95. The minimum Gasteiger partial charge on any atom is -0.390 e. The van der Waals surface area contributed by atoms with Crippen molar-refractivity contribution in [3.8, 4) is 0 Å². The average Bonchev–Trinajstić information content (AvgIpc) is 2.39. The van der Waals surface area contributed by atoms with Crippen molar-refractivity contribution in [1.29, 1.82) is 0 Å². The van der Waals surface area contributed by atoms with Crippen molar-refractivity contribution in [2.45, 2.75) is 31.5 Å². The first-order chi connectivity index (χ1) is 5.68. The van der Waals surface area contributed by atoms with E-state index in [2.05, 4.69) is 0 Å². The van der Waals surface area contributed by atoms with Gasteiger partial charge in [-0.25, -0.2) is 0 Å². The normalized spacial score (nSPS) is 41.0. The Morgan fingerprint density at radius 3 is 2.83 bits per heavy atom. The van der Waals surface area contributed by atoms with Gasteiger partial charge in [0.15, 0.2) is 5.78 Å². The molecule has 2 aliphatic rings. The van der Waals surface area contributed by atoms with Crippen molar-refractivity contribution in [3.05, 3.63) is 11.6 Å². The van der Waals surface area contributed by atoms with Gasteiger partial charge in [0.2, 0.25) is 0 Å². The number of aliphatic hydroxyl groups excluding tert-OH is 2. The second kappa shape index (κ2) is 2.68. The number of rotatable bonds is 0. The lowest BCUT2D eigenvalue weighted by Crippen LogP contribution is -2.34.